The van der Waals surface area contributed by atoms with Crippen LogP contribution in [0.1, 0.15) is 50.5 Å². The molecule has 0 spiro atoms. The van der Waals surface area contributed by atoms with Gasteiger partial charge in [-0.3, -0.25) is 4.79 Å². The number of oxime groups is 1. The molecule has 1 atom stereocenters. The fourth-order valence-corrected chi connectivity index (χ4v) is 3.66. The number of halogens is 1. The van der Waals surface area contributed by atoms with Crippen molar-refractivity contribution in [2.45, 2.75) is 56.6 Å². The highest BCUT2D eigenvalue weighted by molar-refractivity contribution is 6.34. The second kappa shape index (κ2) is 7.44. The molecule has 0 aromatic heterocycles. The van der Waals surface area contributed by atoms with Crippen molar-refractivity contribution in [3.8, 4) is 0 Å². The zero-order valence-electron chi connectivity index (χ0n) is 13.8. The maximum atomic E-state index is 12.8. The van der Waals surface area contributed by atoms with Gasteiger partial charge in [0, 0.05) is 35.4 Å². The number of carboxylic acids is 1. The van der Waals surface area contributed by atoms with Crippen LogP contribution in [0.3, 0.4) is 0 Å². The molecule has 25 heavy (non-hydrogen) atoms. The van der Waals surface area contributed by atoms with E-state index in [2.05, 4.69) is 10.5 Å². The van der Waals surface area contributed by atoms with Gasteiger partial charge < -0.3 is 20.1 Å². The van der Waals surface area contributed by atoms with Crippen LogP contribution in [0.2, 0.25) is 5.02 Å². The van der Waals surface area contributed by atoms with Crippen LogP contribution in [-0.4, -0.2) is 29.2 Å². The summed E-state index contributed by atoms with van der Waals surface area (Å²) in [6.45, 7) is 0. The highest BCUT2D eigenvalue weighted by Gasteiger charge is 2.47. The predicted molar refractivity (Wildman–Crippen MR) is 91.1 cm³/mol. The first-order chi connectivity index (χ1) is 12.0. The van der Waals surface area contributed by atoms with Crippen LogP contribution in [-0.2, 0) is 14.4 Å². The minimum atomic E-state index is -1.58. The molecule has 3 rings (SSSR count). The number of nitrogens with one attached hydrogen (secondary N) is 1. The number of carboxylic acid groups (broad SMARTS) is 1. The Bertz CT molecular complexity index is 700. The lowest BCUT2D eigenvalue weighted by molar-refractivity contribution is -0.309. The Morgan fingerprint density at radius 1 is 1.28 bits per heavy atom. The van der Waals surface area contributed by atoms with Gasteiger partial charge >= 0.3 is 0 Å². The Kier molecular flexibility index (Phi) is 5.27. The SMILES string of the molecule is O=C([O-])C[C@]1(C(=O)NC2CCCCC2)CC(c2ccccc2Cl)=NO1. The minimum Gasteiger partial charge on any atom is -0.550 e. The first-order valence-corrected chi connectivity index (χ1v) is 8.89. The molecule has 2 aliphatic rings. The molecule has 0 bridgehead atoms. The lowest BCUT2D eigenvalue weighted by Crippen LogP contribution is -2.53. The summed E-state index contributed by atoms with van der Waals surface area (Å²) >= 11 is 6.17. The molecule has 0 radical (unpaired) electrons. The predicted octanol–water partition coefficient (Wildman–Crippen LogP) is 1.79. The van der Waals surface area contributed by atoms with E-state index in [0.717, 1.165) is 32.1 Å². The average Bonchev–Trinajstić information content (AvgIpc) is 3.00. The summed E-state index contributed by atoms with van der Waals surface area (Å²) < 4.78 is 0. The van der Waals surface area contributed by atoms with Crippen LogP contribution >= 0.6 is 11.6 Å². The average molecular weight is 364 g/mol. The van der Waals surface area contributed by atoms with Crippen molar-refractivity contribution in [2.75, 3.05) is 0 Å². The maximum Gasteiger partial charge on any atom is 0.268 e. The summed E-state index contributed by atoms with van der Waals surface area (Å²) in [5.74, 6) is -1.80. The van der Waals surface area contributed by atoms with Crippen LogP contribution in [0, 0.1) is 0 Å². The second-order valence-electron chi connectivity index (χ2n) is 6.64. The van der Waals surface area contributed by atoms with E-state index in [0.29, 0.717) is 16.3 Å². The molecule has 1 aromatic rings. The monoisotopic (exact) mass is 363 g/mol. The zero-order valence-corrected chi connectivity index (χ0v) is 14.6. The van der Waals surface area contributed by atoms with Gasteiger partial charge in [0.2, 0.25) is 5.60 Å². The molecule has 1 aromatic carbocycles. The smallest absolute Gasteiger partial charge is 0.268 e. The molecular weight excluding hydrogens is 344 g/mol. The molecular formula is C18H20ClN2O4-. The second-order valence-corrected chi connectivity index (χ2v) is 7.04. The quantitative estimate of drug-likeness (QED) is 0.863. The van der Waals surface area contributed by atoms with Crippen LogP contribution in [0.25, 0.3) is 0 Å². The largest absolute Gasteiger partial charge is 0.550 e. The van der Waals surface area contributed by atoms with E-state index in [-0.39, 0.29) is 12.5 Å². The van der Waals surface area contributed by atoms with Gasteiger partial charge in [0.1, 0.15) is 0 Å². The van der Waals surface area contributed by atoms with E-state index >= 15 is 0 Å². The Labute approximate surface area is 151 Å². The lowest BCUT2D eigenvalue weighted by atomic mass is 9.88. The number of carbonyl (C=O) groups is 2. The van der Waals surface area contributed by atoms with Crippen LogP contribution < -0.4 is 10.4 Å². The van der Waals surface area contributed by atoms with Crippen molar-refractivity contribution in [3.05, 3.63) is 34.9 Å². The Morgan fingerprint density at radius 3 is 2.68 bits per heavy atom. The number of hydrogen-bond donors (Lipinski definition) is 1. The first-order valence-electron chi connectivity index (χ1n) is 8.51. The van der Waals surface area contributed by atoms with Crippen molar-refractivity contribution in [1.29, 1.82) is 0 Å². The Hall–Kier alpha value is -2.08. The number of benzene rings is 1. The molecule has 1 heterocycles. The number of amides is 1. The van der Waals surface area contributed by atoms with Crippen molar-refractivity contribution in [2.24, 2.45) is 5.16 Å². The van der Waals surface area contributed by atoms with Gasteiger partial charge in [0.25, 0.3) is 5.91 Å². The number of nitrogens with zero attached hydrogens (tertiary/aromatic N) is 1. The fraction of sp³-hybridized carbons (Fsp3) is 0.500. The van der Waals surface area contributed by atoms with E-state index < -0.39 is 23.9 Å². The van der Waals surface area contributed by atoms with Gasteiger partial charge in [0.15, 0.2) is 0 Å². The van der Waals surface area contributed by atoms with E-state index in [4.69, 9.17) is 16.4 Å². The van der Waals surface area contributed by atoms with Crippen molar-refractivity contribution < 1.29 is 19.5 Å². The molecule has 0 saturated heterocycles. The van der Waals surface area contributed by atoms with E-state index in [1.807, 2.05) is 0 Å². The third-order valence-electron chi connectivity index (χ3n) is 4.75. The summed E-state index contributed by atoms with van der Waals surface area (Å²) in [5, 5.41) is 18.6. The van der Waals surface area contributed by atoms with E-state index in [9.17, 15) is 14.7 Å². The molecule has 134 valence electrons. The number of rotatable bonds is 5. The normalized spacial score (nSPS) is 23.6. The molecule has 1 aliphatic heterocycles. The molecule has 1 aliphatic carbocycles. The van der Waals surface area contributed by atoms with Crippen molar-refractivity contribution in [1.82, 2.24) is 5.32 Å². The van der Waals surface area contributed by atoms with Crippen LogP contribution in [0.15, 0.2) is 29.4 Å². The number of carbonyl (C=O) groups excluding carboxylic acids is 2. The highest BCUT2D eigenvalue weighted by Crippen LogP contribution is 2.33. The third kappa shape index (κ3) is 3.95. The summed E-state index contributed by atoms with van der Waals surface area (Å²) in [6, 6.07) is 7.10. The summed E-state index contributed by atoms with van der Waals surface area (Å²) in [5.41, 5.74) is -0.481. The van der Waals surface area contributed by atoms with E-state index in [1.165, 1.54) is 0 Å². The van der Waals surface area contributed by atoms with Crippen LogP contribution in [0.5, 0.6) is 0 Å². The topological polar surface area (TPSA) is 90.8 Å². The number of hydrogen-bond acceptors (Lipinski definition) is 5. The molecule has 1 N–H and O–H groups in total. The van der Waals surface area contributed by atoms with Gasteiger partial charge in [-0.2, -0.15) is 0 Å². The molecule has 0 unspecified atom stereocenters. The highest BCUT2D eigenvalue weighted by atomic mass is 35.5. The molecule has 6 nitrogen and oxygen atoms in total. The van der Waals surface area contributed by atoms with Crippen LogP contribution in [0.4, 0.5) is 0 Å². The van der Waals surface area contributed by atoms with Gasteiger partial charge in [0.05, 0.1) is 5.71 Å². The first kappa shape index (κ1) is 17.7. The minimum absolute atomic E-state index is 0.0449. The van der Waals surface area contributed by atoms with Crippen molar-refractivity contribution >= 4 is 29.2 Å². The van der Waals surface area contributed by atoms with Gasteiger partial charge in [-0.05, 0) is 18.9 Å². The van der Waals surface area contributed by atoms with Gasteiger partial charge in [-0.1, -0.05) is 54.2 Å². The fourth-order valence-electron chi connectivity index (χ4n) is 3.41. The number of aliphatic carboxylic acids is 1. The summed E-state index contributed by atoms with van der Waals surface area (Å²) in [4.78, 5) is 29.4. The van der Waals surface area contributed by atoms with Crippen molar-refractivity contribution in [3.63, 3.8) is 0 Å². The molecule has 1 saturated carbocycles. The van der Waals surface area contributed by atoms with E-state index in [1.54, 1.807) is 24.3 Å². The summed E-state index contributed by atoms with van der Waals surface area (Å²) in [7, 11) is 0. The maximum absolute atomic E-state index is 12.8. The molecule has 7 heteroatoms. The molecule has 1 amide bonds. The van der Waals surface area contributed by atoms with Gasteiger partial charge in [-0.15, -0.1) is 0 Å². The van der Waals surface area contributed by atoms with Gasteiger partial charge in [-0.25, -0.2) is 0 Å². The Balaban J connectivity index is 1.77. The summed E-state index contributed by atoms with van der Waals surface area (Å²) in [6.07, 6.45) is 4.55. The third-order valence-corrected chi connectivity index (χ3v) is 5.08. The molecule has 1 fully saturated rings. The Morgan fingerprint density at radius 2 is 2.00 bits per heavy atom. The standard InChI is InChI=1S/C18H21ClN2O4/c19-14-9-5-4-8-13(14)15-10-18(25-21-15,11-16(22)23)17(24)20-12-6-2-1-3-7-12/h4-5,8-9,12H,1-3,6-7,10-11H2,(H,20,24)(H,22,23)/p-1/t18-/m0/s1. The zero-order chi connectivity index (χ0) is 17.9. The lowest BCUT2D eigenvalue weighted by Gasteiger charge is -2.30.